The Hall–Kier alpha value is -2.17. The van der Waals surface area contributed by atoms with E-state index in [9.17, 15) is 9.59 Å². The van der Waals surface area contributed by atoms with E-state index in [1.54, 1.807) is 24.4 Å². The van der Waals surface area contributed by atoms with Crippen LogP contribution in [0, 0.1) is 0 Å². The number of amides is 1. The molecule has 1 amide bonds. The van der Waals surface area contributed by atoms with Crippen LogP contribution in [-0.2, 0) is 14.3 Å². The van der Waals surface area contributed by atoms with E-state index in [2.05, 4.69) is 15.0 Å². The molecule has 0 saturated heterocycles. The third-order valence-corrected chi connectivity index (χ3v) is 1.95. The molecule has 0 bridgehead atoms. The zero-order valence-electron chi connectivity index (χ0n) is 9.55. The molecule has 0 aliphatic carbocycles. The van der Waals surface area contributed by atoms with Gasteiger partial charge in [0, 0.05) is 18.8 Å². The van der Waals surface area contributed by atoms with Gasteiger partial charge >= 0.3 is 5.97 Å². The summed E-state index contributed by atoms with van der Waals surface area (Å²) in [7, 11) is 1.31. The number of nitrogens with one attached hydrogen (secondary N) is 1. The second-order valence-corrected chi connectivity index (χ2v) is 3.21. The van der Waals surface area contributed by atoms with Crippen LogP contribution in [0.2, 0.25) is 0 Å². The van der Waals surface area contributed by atoms with Gasteiger partial charge in [-0.25, -0.2) is 0 Å². The molecule has 0 fully saturated rings. The fraction of sp³-hybridized carbons (Fsp3) is 0.250. The molecule has 5 heteroatoms. The van der Waals surface area contributed by atoms with Crippen molar-refractivity contribution in [2.45, 2.75) is 6.42 Å². The Labute approximate surface area is 99.5 Å². The molecule has 1 N–H and O–H groups in total. The standard InChI is InChI=1S/C12H14N2O3/c1-17-12(16)7-9-14-11(15)6-5-10-4-2-3-8-13-10/h2-6,8H,7,9H2,1H3,(H,14,15)/b6-5+. The van der Waals surface area contributed by atoms with Crippen LogP contribution in [0.15, 0.2) is 30.5 Å². The number of methoxy groups -OCH3 is 1. The summed E-state index contributed by atoms with van der Waals surface area (Å²) in [6.07, 6.45) is 4.79. The van der Waals surface area contributed by atoms with E-state index in [0.717, 1.165) is 0 Å². The molecule has 0 aliphatic rings. The van der Waals surface area contributed by atoms with Crippen LogP contribution in [-0.4, -0.2) is 30.5 Å². The second-order valence-electron chi connectivity index (χ2n) is 3.21. The zero-order valence-corrected chi connectivity index (χ0v) is 9.55. The molecule has 0 aromatic carbocycles. The molecule has 0 spiro atoms. The summed E-state index contributed by atoms with van der Waals surface area (Å²) >= 11 is 0. The summed E-state index contributed by atoms with van der Waals surface area (Å²) in [6, 6.07) is 5.42. The molecule has 0 saturated carbocycles. The van der Waals surface area contributed by atoms with Crippen molar-refractivity contribution in [2.75, 3.05) is 13.7 Å². The van der Waals surface area contributed by atoms with E-state index >= 15 is 0 Å². The number of rotatable bonds is 5. The maximum Gasteiger partial charge on any atom is 0.307 e. The summed E-state index contributed by atoms with van der Waals surface area (Å²) in [6.45, 7) is 0.262. The van der Waals surface area contributed by atoms with Crippen molar-refractivity contribution in [2.24, 2.45) is 0 Å². The summed E-state index contributed by atoms with van der Waals surface area (Å²) in [5.41, 5.74) is 0.704. The molecule has 0 aliphatic heterocycles. The molecule has 1 aromatic rings. The fourth-order valence-corrected chi connectivity index (χ4v) is 1.08. The van der Waals surface area contributed by atoms with Crippen LogP contribution >= 0.6 is 0 Å². The normalized spacial score (nSPS) is 10.2. The number of ether oxygens (including phenoxy) is 1. The average Bonchev–Trinajstić information content (AvgIpc) is 2.37. The van der Waals surface area contributed by atoms with Crippen LogP contribution in [0.1, 0.15) is 12.1 Å². The van der Waals surface area contributed by atoms with Crippen LogP contribution in [0.5, 0.6) is 0 Å². The van der Waals surface area contributed by atoms with Crippen molar-refractivity contribution >= 4 is 18.0 Å². The highest BCUT2D eigenvalue weighted by Gasteiger charge is 2.00. The minimum absolute atomic E-state index is 0.166. The Morgan fingerprint density at radius 2 is 2.29 bits per heavy atom. The number of carbonyl (C=O) groups excluding carboxylic acids is 2. The molecule has 0 atom stereocenters. The maximum atomic E-state index is 11.3. The van der Waals surface area contributed by atoms with Crippen molar-refractivity contribution in [3.05, 3.63) is 36.2 Å². The lowest BCUT2D eigenvalue weighted by Gasteiger charge is -2.00. The van der Waals surface area contributed by atoms with Gasteiger partial charge in [-0.05, 0) is 18.2 Å². The number of pyridine rings is 1. The molecule has 1 aromatic heterocycles. The average molecular weight is 234 g/mol. The van der Waals surface area contributed by atoms with E-state index in [1.807, 2.05) is 6.07 Å². The zero-order chi connectivity index (χ0) is 12.5. The lowest BCUT2D eigenvalue weighted by Crippen LogP contribution is -2.24. The first-order valence-corrected chi connectivity index (χ1v) is 5.16. The summed E-state index contributed by atoms with van der Waals surface area (Å²) < 4.78 is 4.44. The van der Waals surface area contributed by atoms with Crippen molar-refractivity contribution < 1.29 is 14.3 Å². The minimum atomic E-state index is -0.348. The molecule has 90 valence electrons. The summed E-state index contributed by atoms with van der Waals surface area (Å²) in [5.74, 6) is -0.612. The largest absolute Gasteiger partial charge is 0.469 e. The van der Waals surface area contributed by atoms with Gasteiger partial charge in [0.05, 0.1) is 19.2 Å². The highest BCUT2D eigenvalue weighted by atomic mass is 16.5. The number of hydrogen-bond acceptors (Lipinski definition) is 4. The molecule has 17 heavy (non-hydrogen) atoms. The van der Waals surface area contributed by atoms with Crippen molar-refractivity contribution in [1.82, 2.24) is 10.3 Å². The number of esters is 1. The number of hydrogen-bond donors (Lipinski definition) is 1. The van der Waals surface area contributed by atoms with Gasteiger partial charge in [0.1, 0.15) is 0 Å². The third-order valence-electron chi connectivity index (χ3n) is 1.95. The van der Waals surface area contributed by atoms with E-state index in [-0.39, 0.29) is 24.8 Å². The monoisotopic (exact) mass is 234 g/mol. The highest BCUT2D eigenvalue weighted by molar-refractivity contribution is 5.91. The van der Waals surface area contributed by atoms with Crippen molar-refractivity contribution in [3.8, 4) is 0 Å². The van der Waals surface area contributed by atoms with E-state index in [1.165, 1.54) is 13.2 Å². The number of aromatic nitrogens is 1. The van der Waals surface area contributed by atoms with Gasteiger partial charge in [0.15, 0.2) is 0 Å². The molecule has 1 heterocycles. The quantitative estimate of drug-likeness (QED) is 0.603. The van der Waals surface area contributed by atoms with Crippen LogP contribution in [0.3, 0.4) is 0 Å². The minimum Gasteiger partial charge on any atom is -0.469 e. The first-order chi connectivity index (χ1) is 8.22. The molecule has 0 unspecified atom stereocenters. The summed E-state index contributed by atoms with van der Waals surface area (Å²) in [5, 5.41) is 2.56. The Morgan fingerprint density at radius 3 is 2.94 bits per heavy atom. The Bertz CT molecular complexity index is 401. The molecule has 0 radical (unpaired) electrons. The van der Waals surface area contributed by atoms with Gasteiger partial charge in [-0.3, -0.25) is 14.6 Å². The lowest BCUT2D eigenvalue weighted by atomic mass is 10.3. The molecule has 1 rings (SSSR count). The van der Waals surface area contributed by atoms with E-state index in [4.69, 9.17) is 0 Å². The van der Waals surface area contributed by atoms with Crippen LogP contribution in [0.4, 0.5) is 0 Å². The molecular weight excluding hydrogens is 220 g/mol. The van der Waals surface area contributed by atoms with Gasteiger partial charge in [0.25, 0.3) is 0 Å². The SMILES string of the molecule is COC(=O)CCNC(=O)/C=C/c1ccccn1. The smallest absolute Gasteiger partial charge is 0.307 e. The predicted octanol–water partition coefficient (Wildman–Crippen LogP) is 0.774. The van der Waals surface area contributed by atoms with Gasteiger partial charge in [-0.15, -0.1) is 0 Å². The van der Waals surface area contributed by atoms with Crippen molar-refractivity contribution in [3.63, 3.8) is 0 Å². The maximum absolute atomic E-state index is 11.3. The van der Waals surface area contributed by atoms with Crippen molar-refractivity contribution in [1.29, 1.82) is 0 Å². The Balaban J connectivity index is 2.30. The molecular formula is C12H14N2O3. The van der Waals surface area contributed by atoms with Gasteiger partial charge < -0.3 is 10.1 Å². The topological polar surface area (TPSA) is 68.3 Å². The third kappa shape index (κ3) is 5.46. The van der Waals surface area contributed by atoms with Gasteiger partial charge in [-0.2, -0.15) is 0 Å². The van der Waals surface area contributed by atoms with Gasteiger partial charge in [-0.1, -0.05) is 6.07 Å². The second kappa shape index (κ2) is 7.16. The van der Waals surface area contributed by atoms with Crippen LogP contribution < -0.4 is 5.32 Å². The number of carbonyl (C=O) groups is 2. The molecule has 5 nitrogen and oxygen atoms in total. The Kier molecular flexibility index (Phi) is 5.43. The van der Waals surface area contributed by atoms with Gasteiger partial charge in [0.2, 0.25) is 5.91 Å². The summed E-state index contributed by atoms with van der Waals surface area (Å²) in [4.78, 5) is 26.1. The van der Waals surface area contributed by atoms with E-state index < -0.39 is 0 Å². The fourth-order valence-electron chi connectivity index (χ4n) is 1.08. The highest BCUT2D eigenvalue weighted by Crippen LogP contribution is 1.95. The van der Waals surface area contributed by atoms with E-state index in [0.29, 0.717) is 5.69 Å². The first kappa shape index (κ1) is 12.9. The van der Waals surface area contributed by atoms with Crippen LogP contribution in [0.25, 0.3) is 6.08 Å². The lowest BCUT2D eigenvalue weighted by molar-refractivity contribution is -0.140. The Morgan fingerprint density at radius 1 is 1.47 bits per heavy atom. The number of nitrogens with zero attached hydrogens (tertiary/aromatic N) is 1. The first-order valence-electron chi connectivity index (χ1n) is 5.16. The predicted molar refractivity (Wildman–Crippen MR) is 62.9 cm³/mol.